The number of carbonyl (C=O) groups excluding carboxylic acids is 1. The normalized spacial score (nSPS) is 14.3. The van der Waals surface area contributed by atoms with E-state index >= 15 is 0 Å². The molecule has 0 fully saturated rings. The van der Waals surface area contributed by atoms with E-state index in [1.165, 1.54) is 11.3 Å². The number of hydrogen-bond acceptors (Lipinski definition) is 4. The molecule has 1 aromatic rings. The maximum Gasteiger partial charge on any atom is 0.223 e. The predicted octanol–water partition coefficient (Wildman–Crippen LogP) is 1.57. The van der Waals surface area contributed by atoms with Crippen molar-refractivity contribution in [2.24, 2.45) is 5.92 Å². The number of methoxy groups -OCH3 is 1. The van der Waals surface area contributed by atoms with Gasteiger partial charge in [0.1, 0.15) is 0 Å². The van der Waals surface area contributed by atoms with Gasteiger partial charge < -0.3 is 15.2 Å². The highest BCUT2D eigenvalue weighted by atomic mass is 32.1. The lowest BCUT2D eigenvalue weighted by Crippen LogP contribution is -2.33. The number of ether oxygens (including phenoxy) is 1. The van der Waals surface area contributed by atoms with E-state index in [0.717, 1.165) is 5.56 Å². The van der Waals surface area contributed by atoms with Gasteiger partial charge >= 0.3 is 0 Å². The van der Waals surface area contributed by atoms with Crippen LogP contribution in [0.1, 0.15) is 25.0 Å². The van der Waals surface area contributed by atoms with Crippen molar-refractivity contribution in [1.29, 1.82) is 0 Å². The minimum absolute atomic E-state index is 0.0451. The highest BCUT2D eigenvalue weighted by Crippen LogP contribution is 2.15. The monoisotopic (exact) mass is 257 g/mol. The average Bonchev–Trinajstić information content (AvgIpc) is 2.86. The molecule has 2 atom stereocenters. The topological polar surface area (TPSA) is 58.6 Å². The van der Waals surface area contributed by atoms with Gasteiger partial charge in [-0.2, -0.15) is 11.3 Å². The summed E-state index contributed by atoms with van der Waals surface area (Å²) in [6.45, 7) is 2.68. The molecule has 96 valence electrons. The Morgan fingerprint density at radius 1 is 1.65 bits per heavy atom. The number of carbonyl (C=O) groups is 1. The Morgan fingerprint density at radius 2 is 2.41 bits per heavy atom. The van der Waals surface area contributed by atoms with Crippen molar-refractivity contribution in [3.8, 4) is 0 Å². The number of nitrogens with one attached hydrogen (secondary N) is 1. The van der Waals surface area contributed by atoms with Crippen molar-refractivity contribution in [3.05, 3.63) is 22.4 Å². The number of hydrogen-bond donors (Lipinski definition) is 2. The van der Waals surface area contributed by atoms with E-state index < -0.39 is 6.10 Å². The van der Waals surface area contributed by atoms with Crippen molar-refractivity contribution in [2.75, 3.05) is 20.3 Å². The first kappa shape index (κ1) is 14.2. The number of aliphatic hydroxyl groups excluding tert-OH is 1. The summed E-state index contributed by atoms with van der Waals surface area (Å²) in [5, 5.41) is 16.3. The van der Waals surface area contributed by atoms with Crippen LogP contribution in [0.5, 0.6) is 0 Å². The second kappa shape index (κ2) is 7.42. The van der Waals surface area contributed by atoms with Gasteiger partial charge in [0.25, 0.3) is 0 Å². The predicted molar refractivity (Wildman–Crippen MR) is 67.9 cm³/mol. The van der Waals surface area contributed by atoms with E-state index in [2.05, 4.69) is 5.32 Å². The SMILES string of the molecule is COCCC(C)C(=O)NCC(O)c1ccsc1. The summed E-state index contributed by atoms with van der Waals surface area (Å²) in [5.74, 6) is -0.138. The maximum absolute atomic E-state index is 11.6. The fraction of sp³-hybridized carbons (Fsp3) is 0.583. The lowest BCUT2D eigenvalue weighted by molar-refractivity contribution is -0.125. The molecule has 1 amide bonds. The lowest BCUT2D eigenvalue weighted by Gasteiger charge is -2.14. The van der Waals surface area contributed by atoms with Gasteiger partial charge in [-0.3, -0.25) is 4.79 Å². The molecule has 1 heterocycles. The molecule has 0 bridgehead atoms. The lowest BCUT2D eigenvalue weighted by atomic mass is 10.1. The molecule has 2 N–H and O–H groups in total. The summed E-state index contributed by atoms with van der Waals surface area (Å²) >= 11 is 1.53. The van der Waals surface area contributed by atoms with Crippen LogP contribution in [0, 0.1) is 5.92 Å². The average molecular weight is 257 g/mol. The zero-order chi connectivity index (χ0) is 12.7. The molecule has 0 radical (unpaired) electrons. The van der Waals surface area contributed by atoms with Crippen LogP contribution < -0.4 is 5.32 Å². The standard InChI is InChI=1S/C12H19NO3S/c1-9(3-5-16-2)12(15)13-7-11(14)10-4-6-17-8-10/h4,6,8-9,11,14H,3,5,7H2,1-2H3,(H,13,15). The van der Waals surface area contributed by atoms with Gasteiger partial charge in [-0.05, 0) is 28.8 Å². The maximum atomic E-state index is 11.6. The first-order chi connectivity index (χ1) is 8.15. The molecule has 4 nitrogen and oxygen atoms in total. The molecular formula is C12H19NO3S. The van der Waals surface area contributed by atoms with Crippen molar-refractivity contribution in [1.82, 2.24) is 5.32 Å². The molecule has 1 rings (SSSR count). The van der Waals surface area contributed by atoms with Crippen LogP contribution >= 0.6 is 11.3 Å². The molecule has 0 aliphatic rings. The van der Waals surface area contributed by atoms with Gasteiger partial charge in [0.05, 0.1) is 6.10 Å². The number of aliphatic hydroxyl groups is 1. The molecule has 2 unspecified atom stereocenters. The molecule has 0 saturated heterocycles. The van der Waals surface area contributed by atoms with Crippen molar-refractivity contribution < 1.29 is 14.6 Å². The first-order valence-corrected chi connectivity index (χ1v) is 6.56. The van der Waals surface area contributed by atoms with Crippen LogP contribution in [0.25, 0.3) is 0 Å². The summed E-state index contributed by atoms with van der Waals surface area (Å²) in [4.78, 5) is 11.6. The Kier molecular flexibility index (Phi) is 6.18. The second-order valence-electron chi connectivity index (χ2n) is 4.00. The zero-order valence-electron chi connectivity index (χ0n) is 10.2. The third-order valence-electron chi connectivity index (χ3n) is 2.60. The molecule has 0 saturated carbocycles. The highest BCUT2D eigenvalue weighted by molar-refractivity contribution is 7.07. The Hall–Kier alpha value is -0.910. The summed E-state index contributed by atoms with van der Waals surface area (Å²) in [6.07, 6.45) is 0.0662. The molecule has 5 heteroatoms. The zero-order valence-corrected chi connectivity index (χ0v) is 11.0. The van der Waals surface area contributed by atoms with E-state index in [0.29, 0.717) is 13.0 Å². The fourth-order valence-corrected chi connectivity index (χ4v) is 2.09. The molecule has 0 aliphatic carbocycles. The van der Waals surface area contributed by atoms with E-state index in [-0.39, 0.29) is 18.4 Å². The van der Waals surface area contributed by atoms with Gasteiger partial charge in [0.2, 0.25) is 5.91 Å². The summed E-state index contributed by atoms with van der Waals surface area (Å²) < 4.78 is 4.92. The second-order valence-corrected chi connectivity index (χ2v) is 4.78. The van der Waals surface area contributed by atoms with E-state index in [9.17, 15) is 9.90 Å². The third-order valence-corrected chi connectivity index (χ3v) is 3.30. The van der Waals surface area contributed by atoms with Crippen LogP contribution in [-0.4, -0.2) is 31.3 Å². The highest BCUT2D eigenvalue weighted by Gasteiger charge is 2.14. The van der Waals surface area contributed by atoms with Crippen LogP contribution in [0.15, 0.2) is 16.8 Å². The van der Waals surface area contributed by atoms with Crippen LogP contribution in [0.3, 0.4) is 0 Å². The fourth-order valence-electron chi connectivity index (χ4n) is 1.38. The number of amides is 1. The van der Waals surface area contributed by atoms with Crippen molar-refractivity contribution >= 4 is 17.2 Å². The van der Waals surface area contributed by atoms with Gasteiger partial charge in [0, 0.05) is 26.2 Å². The minimum Gasteiger partial charge on any atom is -0.387 e. The Balaban J connectivity index is 2.28. The van der Waals surface area contributed by atoms with E-state index in [1.807, 2.05) is 23.8 Å². The quantitative estimate of drug-likeness (QED) is 0.779. The molecule has 1 aromatic heterocycles. The Labute approximate surface area is 106 Å². The largest absolute Gasteiger partial charge is 0.387 e. The first-order valence-electron chi connectivity index (χ1n) is 5.62. The van der Waals surface area contributed by atoms with Crippen LogP contribution in [-0.2, 0) is 9.53 Å². The van der Waals surface area contributed by atoms with Gasteiger partial charge in [-0.25, -0.2) is 0 Å². The molecule has 17 heavy (non-hydrogen) atoms. The Morgan fingerprint density at radius 3 is 3.00 bits per heavy atom. The van der Waals surface area contributed by atoms with Crippen molar-refractivity contribution in [2.45, 2.75) is 19.4 Å². The third kappa shape index (κ3) is 4.85. The van der Waals surface area contributed by atoms with Crippen LogP contribution in [0.2, 0.25) is 0 Å². The van der Waals surface area contributed by atoms with E-state index in [4.69, 9.17) is 4.74 Å². The van der Waals surface area contributed by atoms with Crippen molar-refractivity contribution in [3.63, 3.8) is 0 Å². The van der Waals surface area contributed by atoms with Gasteiger partial charge in [-0.15, -0.1) is 0 Å². The molecule has 0 aromatic carbocycles. The summed E-state index contributed by atoms with van der Waals surface area (Å²) in [6, 6.07) is 1.86. The molecular weight excluding hydrogens is 238 g/mol. The number of thiophene rings is 1. The smallest absolute Gasteiger partial charge is 0.223 e. The number of rotatable bonds is 7. The molecule has 0 spiro atoms. The minimum atomic E-state index is -0.625. The molecule has 0 aliphatic heterocycles. The van der Waals surface area contributed by atoms with Crippen LogP contribution in [0.4, 0.5) is 0 Å². The summed E-state index contributed by atoms with van der Waals surface area (Å²) in [5.41, 5.74) is 0.847. The van der Waals surface area contributed by atoms with Gasteiger partial charge in [-0.1, -0.05) is 6.92 Å². The summed E-state index contributed by atoms with van der Waals surface area (Å²) in [7, 11) is 1.62. The van der Waals surface area contributed by atoms with E-state index in [1.54, 1.807) is 7.11 Å². The van der Waals surface area contributed by atoms with Gasteiger partial charge in [0.15, 0.2) is 0 Å². The Bertz CT molecular complexity index is 327.